The normalized spacial score (nSPS) is 27.5. The van der Waals surface area contributed by atoms with Gasteiger partial charge in [-0.1, -0.05) is 58.3 Å². The molecule has 3 aliphatic heterocycles. The summed E-state index contributed by atoms with van der Waals surface area (Å²) in [6.45, 7) is -0.206. The third-order valence-electron chi connectivity index (χ3n) is 6.90. The van der Waals surface area contributed by atoms with Crippen LogP contribution in [0.4, 0.5) is 0 Å². The number of carbonyl (C=O) groups excluding carboxylic acids is 1. The number of esters is 1. The van der Waals surface area contributed by atoms with Crippen LogP contribution in [-0.2, 0) is 14.3 Å². The second-order valence-electron chi connectivity index (χ2n) is 9.20. The van der Waals surface area contributed by atoms with Crippen LogP contribution in [-0.4, -0.2) is 69.9 Å². The van der Waals surface area contributed by atoms with Crippen molar-refractivity contribution in [1.29, 1.82) is 0 Å². The summed E-state index contributed by atoms with van der Waals surface area (Å²) in [6.07, 6.45) is 9.02. The van der Waals surface area contributed by atoms with Crippen molar-refractivity contribution in [3.05, 3.63) is 35.9 Å². The minimum atomic E-state index is -0.663. The summed E-state index contributed by atoms with van der Waals surface area (Å²) in [5.41, 5.74) is 0.820. The highest BCUT2D eigenvalue weighted by molar-refractivity contribution is 8.77. The van der Waals surface area contributed by atoms with E-state index in [1.165, 1.54) is 31.4 Å². The Morgan fingerprint density at radius 2 is 1.82 bits per heavy atom. The van der Waals surface area contributed by atoms with Crippen LogP contribution in [0.1, 0.15) is 69.3 Å². The zero-order valence-electron chi connectivity index (χ0n) is 19.4. The van der Waals surface area contributed by atoms with Gasteiger partial charge in [0.05, 0.1) is 6.61 Å². The van der Waals surface area contributed by atoms with Crippen LogP contribution in [0.3, 0.4) is 0 Å². The fourth-order valence-electron chi connectivity index (χ4n) is 4.92. The van der Waals surface area contributed by atoms with Crippen molar-refractivity contribution in [2.75, 3.05) is 19.4 Å². The molecule has 0 aromatic heterocycles. The molecule has 3 aliphatic rings. The molecule has 2 N–H and O–H groups in total. The zero-order chi connectivity index (χ0) is 23.6. The van der Waals surface area contributed by atoms with Gasteiger partial charge in [-0.15, -0.1) is 0 Å². The second-order valence-corrected chi connectivity index (χ2v) is 12.0. The lowest BCUT2D eigenvalue weighted by Crippen LogP contribution is -2.43. The topological polar surface area (TPSA) is 87.1 Å². The molecule has 0 amide bonds. The number of ether oxygens (including phenoxy) is 1. The fourth-order valence-corrected chi connectivity index (χ4v) is 7.95. The number of piperidine rings is 1. The minimum absolute atomic E-state index is 0.00367. The van der Waals surface area contributed by atoms with E-state index in [1.807, 2.05) is 51.9 Å². The second kappa shape index (κ2) is 13.6. The molecule has 33 heavy (non-hydrogen) atoms. The van der Waals surface area contributed by atoms with Crippen molar-refractivity contribution in [2.45, 2.75) is 87.1 Å². The van der Waals surface area contributed by atoms with Crippen LogP contribution in [0.5, 0.6) is 0 Å². The first-order chi connectivity index (χ1) is 16.0. The molecule has 1 unspecified atom stereocenters. The van der Waals surface area contributed by atoms with Gasteiger partial charge in [0, 0.05) is 29.5 Å². The van der Waals surface area contributed by atoms with Gasteiger partial charge in [0.2, 0.25) is 0 Å². The van der Waals surface area contributed by atoms with Gasteiger partial charge in [-0.2, -0.15) is 0 Å². The van der Waals surface area contributed by atoms with Crippen molar-refractivity contribution in [2.24, 2.45) is 0 Å². The lowest BCUT2D eigenvalue weighted by molar-refractivity contribution is -0.155. The first-order valence-corrected chi connectivity index (χ1v) is 14.4. The predicted molar refractivity (Wildman–Crippen MR) is 135 cm³/mol. The van der Waals surface area contributed by atoms with Gasteiger partial charge in [-0.3, -0.25) is 9.59 Å². The summed E-state index contributed by atoms with van der Waals surface area (Å²) in [5.74, 6) is -0.251. The van der Waals surface area contributed by atoms with E-state index in [4.69, 9.17) is 9.84 Å². The molecule has 4 atom stereocenters. The largest absolute Gasteiger partial charge is 0.481 e. The molecule has 3 fully saturated rings. The highest BCUT2D eigenvalue weighted by Crippen LogP contribution is 2.40. The third kappa shape index (κ3) is 8.19. The number of carboxylic acids is 1. The third-order valence-corrected chi connectivity index (χ3v) is 9.91. The average molecular weight is 496 g/mol. The maximum atomic E-state index is 12.4. The fraction of sp³-hybridized carbons (Fsp3) is 0.680. The maximum absolute atomic E-state index is 12.4. The molecule has 0 spiro atoms. The Labute approximate surface area is 205 Å². The van der Waals surface area contributed by atoms with E-state index < -0.39 is 11.9 Å². The molecule has 6 nitrogen and oxygen atoms in total. The average Bonchev–Trinajstić information content (AvgIpc) is 3.38. The molecule has 0 aliphatic carbocycles. The summed E-state index contributed by atoms with van der Waals surface area (Å²) < 4.78 is 5.70. The molecule has 0 saturated carbocycles. The highest BCUT2D eigenvalue weighted by Gasteiger charge is 2.40. The Morgan fingerprint density at radius 3 is 2.39 bits per heavy atom. The van der Waals surface area contributed by atoms with E-state index in [9.17, 15) is 14.7 Å². The first kappa shape index (κ1) is 26.4. The molecule has 184 valence electrons. The molecule has 8 heteroatoms. The molecule has 2 bridgehead atoms. The van der Waals surface area contributed by atoms with Crippen LogP contribution in [0, 0.1) is 0 Å². The predicted octanol–water partition coefficient (Wildman–Crippen LogP) is 4.72. The number of hydrogen-bond donors (Lipinski definition) is 2. The Morgan fingerprint density at radius 1 is 1.12 bits per heavy atom. The van der Waals surface area contributed by atoms with E-state index in [-0.39, 0.29) is 18.7 Å². The number of aliphatic hydroxyl groups excluding tert-OH is 1. The molecule has 0 radical (unpaired) electrons. The van der Waals surface area contributed by atoms with Crippen LogP contribution in [0.15, 0.2) is 30.3 Å². The minimum Gasteiger partial charge on any atom is -0.481 e. The van der Waals surface area contributed by atoms with Gasteiger partial charge in [-0.05, 0) is 57.6 Å². The summed E-state index contributed by atoms with van der Waals surface area (Å²) in [4.78, 5) is 25.0. The zero-order valence-corrected chi connectivity index (χ0v) is 21.1. The smallest absolute Gasteiger partial charge is 0.316 e. The summed E-state index contributed by atoms with van der Waals surface area (Å²) >= 11 is 0. The van der Waals surface area contributed by atoms with Crippen molar-refractivity contribution < 1.29 is 24.5 Å². The lowest BCUT2D eigenvalue weighted by atomic mass is 9.98. The van der Waals surface area contributed by atoms with Crippen molar-refractivity contribution >= 4 is 33.5 Å². The van der Waals surface area contributed by atoms with Gasteiger partial charge >= 0.3 is 11.9 Å². The number of aliphatic carboxylic acids is 1. The molecular weight excluding hydrogens is 458 g/mol. The van der Waals surface area contributed by atoms with E-state index in [0.717, 1.165) is 36.5 Å². The molecular formula is C25H37NO5S2. The summed E-state index contributed by atoms with van der Waals surface area (Å²) in [6, 6.07) is 10.5. The van der Waals surface area contributed by atoms with Crippen LogP contribution < -0.4 is 0 Å². The molecule has 1 aromatic rings. The summed E-state index contributed by atoms with van der Waals surface area (Å²) in [7, 11) is 6.08. The van der Waals surface area contributed by atoms with Crippen molar-refractivity contribution in [3.63, 3.8) is 0 Å². The lowest BCUT2D eigenvalue weighted by Gasteiger charge is -2.36. The number of rotatable bonds is 9. The number of nitrogens with zero attached hydrogens (tertiary/aromatic N) is 1. The van der Waals surface area contributed by atoms with Crippen LogP contribution in [0.2, 0.25) is 0 Å². The van der Waals surface area contributed by atoms with E-state index in [2.05, 4.69) is 11.9 Å². The standard InChI is InChI=1S/C17H23NO3.C8H14O2S2/c1-18-13-7-8-14(18)10-15(9-13)21-17(20)16(11-19)12-5-3-2-4-6-12;9-8(10)4-2-1-3-7-5-6-11-12-7/h2-6,13-16,19H,7-11H2,1H3;7H,1-6H2,(H,9,10)/t13-,14-,16?;7-/m01/s1. The number of benzene rings is 1. The van der Waals surface area contributed by atoms with Gasteiger partial charge in [-0.25, -0.2) is 0 Å². The van der Waals surface area contributed by atoms with Crippen LogP contribution in [0.25, 0.3) is 0 Å². The SMILES string of the molecule is CN1[C@H]2CC[C@H]1CC(OC(=O)C(CO)c1ccccc1)C2.O=C(O)CCCC[C@@H]1CCSS1. The van der Waals surface area contributed by atoms with E-state index in [0.29, 0.717) is 18.5 Å². The van der Waals surface area contributed by atoms with Crippen molar-refractivity contribution in [1.82, 2.24) is 4.90 Å². The summed E-state index contributed by atoms with van der Waals surface area (Å²) in [5, 5.41) is 18.7. The monoisotopic (exact) mass is 495 g/mol. The highest BCUT2D eigenvalue weighted by atomic mass is 33.1. The molecule has 4 rings (SSSR count). The van der Waals surface area contributed by atoms with Gasteiger partial charge < -0.3 is 19.8 Å². The number of hydrogen-bond acceptors (Lipinski definition) is 7. The Balaban J connectivity index is 0.000000218. The molecule has 3 saturated heterocycles. The van der Waals surface area contributed by atoms with Crippen molar-refractivity contribution in [3.8, 4) is 0 Å². The molecule has 3 heterocycles. The Hall–Kier alpha value is -1.22. The van der Waals surface area contributed by atoms with Gasteiger partial charge in [0.1, 0.15) is 12.0 Å². The first-order valence-electron chi connectivity index (χ1n) is 12.1. The van der Waals surface area contributed by atoms with E-state index in [1.54, 1.807) is 0 Å². The van der Waals surface area contributed by atoms with Gasteiger partial charge in [0.25, 0.3) is 0 Å². The van der Waals surface area contributed by atoms with Gasteiger partial charge in [0.15, 0.2) is 0 Å². The number of aliphatic hydroxyl groups is 1. The quantitative estimate of drug-likeness (QED) is 0.289. The number of carboxylic acid groups (broad SMARTS) is 1. The van der Waals surface area contributed by atoms with Crippen LogP contribution >= 0.6 is 21.6 Å². The molecule has 1 aromatic carbocycles. The number of fused-ring (bicyclic) bond motifs is 2. The Kier molecular flexibility index (Phi) is 10.9. The number of carbonyl (C=O) groups is 2. The maximum Gasteiger partial charge on any atom is 0.316 e. The van der Waals surface area contributed by atoms with E-state index >= 15 is 0 Å². The number of unbranched alkanes of at least 4 members (excludes halogenated alkanes) is 1. The Bertz CT molecular complexity index is 730.